The van der Waals surface area contributed by atoms with Gasteiger partial charge in [0, 0.05) is 12.1 Å². The van der Waals surface area contributed by atoms with Crippen LogP contribution in [0, 0.1) is 5.82 Å². The van der Waals surface area contributed by atoms with Crippen molar-refractivity contribution in [3.05, 3.63) is 58.9 Å². The van der Waals surface area contributed by atoms with Crippen LogP contribution in [0.3, 0.4) is 0 Å². The minimum absolute atomic E-state index is 0.0364. The molecule has 2 rings (SSSR count). The number of halogens is 2. The maximum atomic E-state index is 13.0. The molecular weight excluding hydrogens is 265 g/mol. The topological polar surface area (TPSA) is 35.2 Å². The molecule has 0 amide bonds. The molecule has 0 saturated carbocycles. The van der Waals surface area contributed by atoms with Gasteiger partial charge in [0.15, 0.2) is 0 Å². The van der Waals surface area contributed by atoms with Crippen molar-refractivity contribution in [2.75, 3.05) is 0 Å². The van der Waals surface area contributed by atoms with Crippen molar-refractivity contribution in [1.29, 1.82) is 0 Å². The Kier molecular flexibility index (Phi) is 4.40. The molecule has 19 heavy (non-hydrogen) atoms. The van der Waals surface area contributed by atoms with E-state index in [9.17, 15) is 4.39 Å². The van der Waals surface area contributed by atoms with Crippen LogP contribution in [0.4, 0.5) is 4.39 Å². The third kappa shape index (κ3) is 3.46. The number of ether oxygens (including phenoxy) is 1. The van der Waals surface area contributed by atoms with Crippen LogP contribution in [0.25, 0.3) is 0 Å². The van der Waals surface area contributed by atoms with Gasteiger partial charge in [0.2, 0.25) is 0 Å². The Labute approximate surface area is 117 Å². The Balaban J connectivity index is 2.12. The van der Waals surface area contributed by atoms with Crippen molar-refractivity contribution < 1.29 is 9.13 Å². The van der Waals surface area contributed by atoms with E-state index >= 15 is 0 Å². The molecule has 0 bridgehead atoms. The van der Waals surface area contributed by atoms with Gasteiger partial charge in [-0.05, 0) is 36.2 Å². The highest BCUT2D eigenvalue weighted by atomic mass is 35.5. The van der Waals surface area contributed by atoms with E-state index in [2.05, 4.69) is 0 Å². The summed E-state index contributed by atoms with van der Waals surface area (Å²) in [5, 5.41) is 0.0436. The summed E-state index contributed by atoms with van der Waals surface area (Å²) >= 11 is 5.69. The molecule has 1 atom stereocenters. The SMILES string of the molecule is CC[C@H](N)c1ccc(Oc2ccc(F)c(Cl)c2)cc1. The van der Waals surface area contributed by atoms with Gasteiger partial charge in [-0.3, -0.25) is 0 Å². The van der Waals surface area contributed by atoms with Crippen molar-refractivity contribution >= 4 is 11.6 Å². The number of rotatable bonds is 4. The number of hydrogen-bond donors (Lipinski definition) is 1. The molecule has 0 aromatic heterocycles. The molecule has 0 aliphatic carbocycles. The Morgan fingerprint density at radius 2 is 1.79 bits per heavy atom. The van der Waals surface area contributed by atoms with Crippen LogP contribution in [0.2, 0.25) is 5.02 Å². The molecule has 100 valence electrons. The molecule has 0 heterocycles. The van der Waals surface area contributed by atoms with Crippen LogP contribution in [0.15, 0.2) is 42.5 Å². The highest BCUT2D eigenvalue weighted by molar-refractivity contribution is 6.30. The summed E-state index contributed by atoms with van der Waals surface area (Å²) in [4.78, 5) is 0. The van der Waals surface area contributed by atoms with Crippen molar-refractivity contribution in [2.45, 2.75) is 19.4 Å². The normalized spacial score (nSPS) is 12.2. The van der Waals surface area contributed by atoms with E-state index in [-0.39, 0.29) is 11.1 Å². The highest BCUT2D eigenvalue weighted by Gasteiger charge is 2.05. The average molecular weight is 280 g/mol. The van der Waals surface area contributed by atoms with Gasteiger partial charge < -0.3 is 10.5 Å². The second-order valence-electron chi connectivity index (χ2n) is 4.26. The maximum Gasteiger partial charge on any atom is 0.142 e. The Bertz CT molecular complexity index is 557. The summed E-state index contributed by atoms with van der Waals surface area (Å²) < 4.78 is 18.6. The zero-order valence-corrected chi connectivity index (χ0v) is 11.3. The van der Waals surface area contributed by atoms with Crippen LogP contribution in [0.1, 0.15) is 24.9 Å². The molecule has 0 fully saturated rings. The minimum atomic E-state index is -0.460. The number of benzene rings is 2. The highest BCUT2D eigenvalue weighted by Crippen LogP contribution is 2.27. The maximum absolute atomic E-state index is 13.0. The standard InChI is InChI=1S/C15H15ClFNO/c1-2-15(18)10-3-5-11(6-4-10)19-12-7-8-14(17)13(16)9-12/h3-9,15H,2,18H2,1H3/t15-/m0/s1. The molecular formula is C15H15ClFNO. The fraction of sp³-hybridized carbons (Fsp3) is 0.200. The van der Waals surface area contributed by atoms with Crippen molar-refractivity contribution in [2.24, 2.45) is 5.73 Å². The fourth-order valence-corrected chi connectivity index (χ4v) is 1.87. The summed E-state index contributed by atoms with van der Waals surface area (Å²) in [6.45, 7) is 2.04. The van der Waals surface area contributed by atoms with Gasteiger partial charge in [-0.2, -0.15) is 0 Å². The van der Waals surface area contributed by atoms with Crippen LogP contribution in [-0.4, -0.2) is 0 Å². The molecule has 4 heteroatoms. The van der Waals surface area contributed by atoms with E-state index < -0.39 is 5.82 Å². The first kappa shape index (κ1) is 13.8. The smallest absolute Gasteiger partial charge is 0.142 e. The molecule has 0 unspecified atom stereocenters. The minimum Gasteiger partial charge on any atom is -0.457 e. The van der Waals surface area contributed by atoms with Crippen LogP contribution < -0.4 is 10.5 Å². The van der Waals surface area contributed by atoms with Crippen molar-refractivity contribution in [1.82, 2.24) is 0 Å². The fourth-order valence-electron chi connectivity index (χ4n) is 1.70. The van der Waals surface area contributed by atoms with Gasteiger partial charge in [-0.15, -0.1) is 0 Å². The lowest BCUT2D eigenvalue weighted by atomic mass is 10.1. The zero-order valence-electron chi connectivity index (χ0n) is 10.6. The molecule has 0 radical (unpaired) electrons. The van der Waals surface area contributed by atoms with Crippen LogP contribution >= 0.6 is 11.6 Å². The van der Waals surface area contributed by atoms with E-state index in [1.807, 2.05) is 31.2 Å². The first-order valence-corrected chi connectivity index (χ1v) is 6.46. The Morgan fingerprint density at radius 3 is 2.37 bits per heavy atom. The largest absolute Gasteiger partial charge is 0.457 e. The molecule has 0 aliphatic heterocycles. The number of nitrogens with two attached hydrogens (primary N) is 1. The van der Waals surface area contributed by atoms with Gasteiger partial charge in [0.1, 0.15) is 17.3 Å². The van der Waals surface area contributed by atoms with Gasteiger partial charge in [-0.25, -0.2) is 4.39 Å². The van der Waals surface area contributed by atoms with E-state index in [0.717, 1.165) is 12.0 Å². The predicted molar refractivity (Wildman–Crippen MR) is 75.1 cm³/mol. The van der Waals surface area contributed by atoms with E-state index in [4.69, 9.17) is 22.1 Å². The lowest BCUT2D eigenvalue weighted by Gasteiger charge is -2.11. The Hall–Kier alpha value is -1.58. The van der Waals surface area contributed by atoms with E-state index in [0.29, 0.717) is 11.5 Å². The monoisotopic (exact) mass is 279 g/mol. The second-order valence-corrected chi connectivity index (χ2v) is 4.67. The van der Waals surface area contributed by atoms with Gasteiger partial charge in [0.25, 0.3) is 0 Å². The molecule has 0 saturated heterocycles. The summed E-state index contributed by atoms with van der Waals surface area (Å²) in [6.07, 6.45) is 0.883. The summed E-state index contributed by atoms with van der Waals surface area (Å²) in [6, 6.07) is 11.8. The molecule has 0 aliphatic rings. The lowest BCUT2D eigenvalue weighted by molar-refractivity contribution is 0.480. The summed E-state index contributed by atoms with van der Waals surface area (Å²) in [5.41, 5.74) is 7.00. The van der Waals surface area contributed by atoms with Crippen LogP contribution in [0.5, 0.6) is 11.5 Å². The molecule has 0 spiro atoms. The first-order valence-electron chi connectivity index (χ1n) is 6.08. The Morgan fingerprint density at radius 1 is 1.16 bits per heavy atom. The third-order valence-electron chi connectivity index (χ3n) is 2.87. The lowest BCUT2D eigenvalue weighted by Crippen LogP contribution is -2.07. The molecule has 2 nitrogen and oxygen atoms in total. The van der Waals surface area contributed by atoms with Gasteiger partial charge in [-0.1, -0.05) is 30.7 Å². The molecule has 2 aromatic rings. The zero-order chi connectivity index (χ0) is 13.8. The molecule has 2 N–H and O–H groups in total. The van der Waals surface area contributed by atoms with E-state index in [1.165, 1.54) is 18.2 Å². The summed E-state index contributed by atoms with van der Waals surface area (Å²) in [5.74, 6) is 0.701. The third-order valence-corrected chi connectivity index (χ3v) is 3.16. The first-order chi connectivity index (χ1) is 9.10. The van der Waals surface area contributed by atoms with Gasteiger partial charge >= 0.3 is 0 Å². The predicted octanol–water partition coefficient (Wildman–Crippen LogP) is 4.68. The van der Waals surface area contributed by atoms with Crippen LogP contribution in [-0.2, 0) is 0 Å². The van der Waals surface area contributed by atoms with Crippen molar-refractivity contribution in [3.8, 4) is 11.5 Å². The van der Waals surface area contributed by atoms with Gasteiger partial charge in [0.05, 0.1) is 5.02 Å². The quantitative estimate of drug-likeness (QED) is 0.882. The molecule has 2 aromatic carbocycles. The van der Waals surface area contributed by atoms with Crippen molar-refractivity contribution in [3.63, 3.8) is 0 Å². The summed E-state index contributed by atoms with van der Waals surface area (Å²) in [7, 11) is 0. The van der Waals surface area contributed by atoms with E-state index in [1.54, 1.807) is 0 Å². The average Bonchev–Trinajstić information content (AvgIpc) is 2.43. The second kappa shape index (κ2) is 6.04. The number of hydrogen-bond acceptors (Lipinski definition) is 2.